The Morgan fingerprint density at radius 3 is 2.39 bits per heavy atom. The third-order valence-electron chi connectivity index (χ3n) is 2.44. The Morgan fingerprint density at radius 1 is 1.17 bits per heavy atom. The fourth-order valence-electron chi connectivity index (χ4n) is 1.56. The van der Waals surface area contributed by atoms with Crippen LogP contribution in [0.1, 0.15) is 20.8 Å². The van der Waals surface area contributed by atoms with E-state index in [4.69, 9.17) is 5.73 Å². The van der Waals surface area contributed by atoms with Gasteiger partial charge < -0.3 is 5.73 Å². The van der Waals surface area contributed by atoms with Gasteiger partial charge in [0.05, 0.1) is 5.54 Å². The normalized spacial score (nSPS) is 11.8. The van der Waals surface area contributed by atoms with Crippen LogP contribution in [0.15, 0.2) is 12.1 Å². The zero-order valence-corrected chi connectivity index (χ0v) is 10.3. The summed E-state index contributed by atoms with van der Waals surface area (Å²) < 4.78 is 27.8. The van der Waals surface area contributed by atoms with Gasteiger partial charge in [-0.25, -0.2) is 13.5 Å². The smallest absolute Gasteiger partial charge is 0.184 e. The van der Waals surface area contributed by atoms with E-state index in [1.165, 1.54) is 4.68 Å². The molecule has 0 unspecified atom stereocenters. The molecule has 96 valence electrons. The predicted octanol–water partition coefficient (Wildman–Crippen LogP) is 1.96. The summed E-state index contributed by atoms with van der Waals surface area (Å²) in [5.74, 6) is -1.67. The Labute approximate surface area is 103 Å². The summed E-state index contributed by atoms with van der Waals surface area (Å²) in [4.78, 5) is 0. The number of tetrazole rings is 1. The van der Waals surface area contributed by atoms with Crippen molar-refractivity contribution < 1.29 is 8.78 Å². The molecule has 0 aliphatic rings. The van der Waals surface area contributed by atoms with Crippen molar-refractivity contribution in [3.8, 4) is 11.4 Å². The third-order valence-corrected chi connectivity index (χ3v) is 2.44. The van der Waals surface area contributed by atoms with Crippen LogP contribution in [0.4, 0.5) is 14.5 Å². The van der Waals surface area contributed by atoms with E-state index in [0.717, 1.165) is 12.1 Å². The van der Waals surface area contributed by atoms with Crippen molar-refractivity contribution in [1.29, 1.82) is 0 Å². The first-order chi connectivity index (χ1) is 8.30. The number of anilines is 1. The summed E-state index contributed by atoms with van der Waals surface area (Å²) in [6.07, 6.45) is 0. The molecule has 0 amide bonds. The minimum atomic E-state index is -0.994. The van der Waals surface area contributed by atoms with Crippen molar-refractivity contribution in [2.24, 2.45) is 0 Å². The predicted molar refractivity (Wildman–Crippen MR) is 62.6 cm³/mol. The number of hydrogen-bond donors (Lipinski definition) is 1. The molecule has 0 saturated carbocycles. The number of nitrogens with zero attached hydrogens (tertiary/aromatic N) is 4. The number of hydrogen-bond acceptors (Lipinski definition) is 4. The standard InChI is InChI=1S/C11H13F2N5/c1-11(2,3)18-10(15-16-17-18)6-4-7(12)8(13)5-9(6)14/h4-5H,14H2,1-3H3. The van der Waals surface area contributed by atoms with Gasteiger partial charge in [-0.1, -0.05) is 0 Å². The maximum absolute atomic E-state index is 13.3. The molecule has 1 heterocycles. The SMILES string of the molecule is CC(C)(C)n1nnnc1-c1cc(F)c(F)cc1N. The van der Waals surface area contributed by atoms with Gasteiger partial charge >= 0.3 is 0 Å². The Morgan fingerprint density at radius 2 is 1.78 bits per heavy atom. The Balaban J connectivity index is 2.64. The van der Waals surface area contributed by atoms with E-state index in [0.29, 0.717) is 5.82 Å². The van der Waals surface area contributed by atoms with Gasteiger partial charge in [-0.3, -0.25) is 0 Å². The number of nitrogens with two attached hydrogens (primary N) is 1. The highest BCUT2D eigenvalue weighted by Gasteiger charge is 2.23. The topological polar surface area (TPSA) is 69.6 Å². The summed E-state index contributed by atoms with van der Waals surface area (Å²) in [5, 5.41) is 11.2. The van der Waals surface area contributed by atoms with Crippen LogP contribution in [0, 0.1) is 11.6 Å². The summed E-state index contributed by atoms with van der Waals surface area (Å²) >= 11 is 0. The van der Waals surface area contributed by atoms with Crippen molar-refractivity contribution in [2.75, 3.05) is 5.73 Å². The summed E-state index contributed by atoms with van der Waals surface area (Å²) in [6.45, 7) is 5.68. The molecule has 1 aromatic heterocycles. The van der Waals surface area contributed by atoms with Gasteiger partial charge in [0.2, 0.25) is 0 Å². The molecule has 2 N–H and O–H groups in total. The molecule has 2 aromatic rings. The van der Waals surface area contributed by atoms with E-state index in [-0.39, 0.29) is 11.3 Å². The lowest BCUT2D eigenvalue weighted by molar-refractivity contribution is 0.351. The number of rotatable bonds is 1. The van der Waals surface area contributed by atoms with Gasteiger partial charge in [-0.05, 0) is 37.3 Å². The van der Waals surface area contributed by atoms with Gasteiger partial charge in [0, 0.05) is 17.3 Å². The fourth-order valence-corrected chi connectivity index (χ4v) is 1.56. The lowest BCUT2D eigenvalue weighted by Crippen LogP contribution is -2.24. The molecule has 0 radical (unpaired) electrons. The molecule has 0 aliphatic carbocycles. The Hall–Kier alpha value is -2.05. The average molecular weight is 253 g/mol. The maximum atomic E-state index is 13.3. The third kappa shape index (κ3) is 2.03. The van der Waals surface area contributed by atoms with E-state index in [1.54, 1.807) is 0 Å². The van der Waals surface area contributed by atoms with Crippen LogP contribution in [0.2, 0.25) is 0 Å². The van der Waals surface area contributed by atoms with E-state index in [2.05, 4.69) is 15.5 Å². The van der Waals surface area contributed by atoms with Crippen LogP contribution in [-0.2, 0) is 5.54 Å². The molecule has 0 atom stereocenters. The molecule has 0 bridgehead atoms. The Kier molecular flexibility index (Phi) is 2.76. The first kappa shape index (κ1) is 12.4. The Bertz CT molecular complexity index is 586. The van der Waals surface area contributed by atoms with Crippen LogP contribution in [0.25, 0.3) is 11.4 Å². The molecule has 18 heavy (non-hydrogen) atoms. The zero-order valence-electron chi connectivity index (χ0n) is 10.3. The molecular formula is C11H13F2N5. The molecule has 0 fully saturated rings. The van der Waals surface area contributed by atoms with Crippen LogP contribution in [-0.4, -0.2) is 20.2 Å². The van der Waals surface area contributed by atoms with E-state index >= 15 is 0 Å². The maximum Gasteiger partial charge on any atom is 0.184 e. The monoisotopic (exact) mass is 253 g/mol. The van der Waals surface area contributed by atoms with Gasteiger partial charge in [-0.15, -0.1) is 5.10 Å². The first-order valence-electron chi connectivity index (χ1n) is 5.34. The van der Waals surface area contributed by atoms with Gasteiger partial charge in [0.1, 0.15) is 0 Å². The molecule has 5 nitrogen and oxygen atoms in total. The van der Waals surface area contributed by atoms with Gasteiger partial charge in [-0.2, -0.15) is 0 Å². The van der Waals surface area contributed by atoms with Crippen molar-refractivity contribution in [1.82, 2.24) is 20.2 Å². The summed E-state index contributed by atoms with van der Waals surface area (Å²) in [7, 11) is 0. The van der Waals surface area contributed by atoms with Crippen LogP contribution >= 0.6 is 0 Å². The van der Waals surface area contributed by atoms with Crippen LogP contribution in [0.3, 0.4) is 0 Å². The minimum absolute atomic E-state index is 0.0919. The molecule has 0 spiro atoms. The molecule has 2 rings (SSSR count). The molecule has 0 aliphatic heterocycles. The van der Waals surface area contributed by atoms with Crippen molar-refractivity contribution in [3.05, 3.63) is 23.8 Å². The van der Waals surface area contributed by atoms with Crippen molar-refractivity contribution >= 4 is 5.69 Å². The van der Waals surface area contributed by atoms with E-state index in [1.807, 2.05) is 20.8 Å². The number of halogens is 2. The molecule has 7 heteroatoms. The van der Waals surface area contributed by atoms with E-state index in [9.17, 15) is 8.78 Å². The first-order valence-corrected chi connectivity index (χ1v) is 5.34. The highest BCUT2D eigenvalue weighted by Crippen LogP contribution is 2.28. The summed E-state index contributed by atoms with van der Waals surface area (Å²) in [6, 6.07) is 1.92. The second kappa shape index (κ2) is 4.01. The van der Waals surface area contributed by atoms with Gasteiger partial charge in [0.25, 0.3) is 0 Å². The lowest BCUT2D eigenvalue weighted by atomic mass is 10.1. The van der Waals surface area contributed by atoms with E-state index < -0.39 is 17.2 Å². The largest absolute Gasteiger partial charge is 0.398 e. The fraction of sp³-hybridized carbons (Fsp3) is 0.364. The van der Waals surface area contributed by atoms with Crippen LogP contribution < -0.4 is 5.73 Å². The molecular weight excluding hydrogens is 240 g/mol. The van der Waals surface area contributed by atoms with Crippen molar-refractivity contribution in [2.45, 2.75) is 26.3 Å². The quantitative estimate of drug-likeness (QED) is 0.789. The van der Waals surface area contributed by atoms with Crippen LogP contribution in [0.5, 0.6) is 0 Å². The number of aromatic nitrogens is 4. The molecule has 1 aromatic carbocycles. The van der Waals surface area contributed by atoms with Gasteiger partial charge in [0.15, 0.2) is 17.5 Å². The highest BCUT2D eigenvalue weighted by molar-refractivity contribution is 5.71. The average Bonchev–Trinajstić information content (AvgIpc) is 2.71. The summed E-state index contributed by atoms with van der Waals surface area (Å²) in [5.41, 5.74) is 5.65. The number of nitrogen functional groups attached to an aromatic ring is 1. The van der Waals surface area contributed by atoms with Crippen molar-refractivity contribution in [3.63, 3.8) is 0 Å². The molecule has 0 saturated heterocycles. The lowest BCUT2D eigenvalue weighted by Gasteiger charge is -2.20. The zero-order chi connectivity index (χ0) is 13.5. The number of benzene rings is 1. The highest BCUT2D eigenvalue weighted by atomic mass is 19.2. The minimum Gasteiger partial charge on any atom is -0.398 e. The second-order valence-electron chi connectivity index (χ2n) is 4.94. The second-order valence-corrected chi connectivity index (χ2v) is 4.94.